The van der Waals surface area contributed by atoms with Crippen LogP contribution in [0.1, 0.15) is 27.4 Å². The van der Waals surface area contributed by atoms with E-state index in [9.17, 15) is 14.7 Å². The summed E-state index contributed by atoms with van der Waals surface area (Å²) in [6.45, 7) is 0. The molecule has 1 aliphatic carbocycles. The third kappa shape index (κ3) is 1.81. The van der Waals surface area contributed by atoms with Crippen molar-refractivity contribution in [3.05, 3.63) is 65.2 Å². The number of para-hydroxylation sites is 1. The quantitative estimate of drug-likeness (QED) is 0.860. The highest BCUT2D eigenvalue weighted by Crippen LogP contribution is 2.48. The Morgan fingerprint density at radius 3 is 2.42 bits per heavy atom. The summed E-state index contributed by atoms with van der Waals surface area (Å²) in [6.07, 6.45) is 0. The molecule has 26 heavy (non-hydrogen) atoms. The fourth-order valence-corrected chi connectivity index (χ4v) is 4.27. The molecular formula is C20H15N3O3. The van der Waals surface area contributed by atoms with E-state index in [1.165, 1.54) is 5.01 Å². The average molecular weight is 345 g/mol. The van der Waals surface area contributed by atoms with Crippen LogP contribution in [0.5, 0.6) is 5.75 Å². The lowest BCUT2D eigenvalue weighted by Crippen LogP contribution is -2.41. The van der Waals surface area contributed by atoms with Crippen LogP contribution in [0.3, 0.4) is 0 Å². The second kappa shape index (κ2) is 5.11. The van der Waals surface area contributed by atoms with E-state index in [0.29, 0.717) is 22.7 Å². The number of carbonyl (C=O) groups is 2. The molecule has 6 nitrogen and oxygen atoms in total. The lowest BCUT2D eigenvalue weighted by Gasteiger charge is -2.31. The Labute approximate surface area is 149 Å². The summed E-state index contributed by atoms with van der Waals surface area (Å²) in [6, 6.07) is 14.2. The molecule has 0 saturated carbocycles. The largest absolute Gasteiger partial charge is 0.508 e. The fraction of sp³-hybridized carbons (Fsp3) is 0.200. The van der Waals surface area contributed by atoms with Crippen molar-refractivity contribution in [3.8, 4) is 5.75 Å². The maximum atomic E-state index is 13.2. The minimum Gasteiger partial charge on any atom is -0.508 e. The van der Waals surface area contributed by atoms with Gasteiger partial charge in [-0.25, -0.2) is 10.0 Å². The minimum atomic E-state index is -0.666. The monoisotopic (exact) mass is 345 g/mol. The molecule has 3 atom stereocenters. The number of ketones is 1. The van der Waals surface area contributed by atoms with Crippen molar-refractivity contribution in [2.24, 2.45) is 21.9 Å². The number of hydrogen-bond acceptors (Lipinski definition) is 5. The number of phenols is 1. The fourth-order valence-electron chi connectivity index (χ4n) is 4.27. The van der Waals surface area contributed by atoms with Crippen molar-refractivity contribution in [2.75, 3.05) is 7.05 Å². The Bertz CT molecular complexity index is 1040. The highest BCUT2D eigenvalue weighted by atomic mass is 16.3. The lowest BCUT2D eigenvalue weighted by atomic mass is 9.71. The standard InChI is InChI=1S/C20H15N3O3/c1-23-20(26)16-14(12-8-4-5-9-13(12)24)15-17(21-19(16)22-23)10-6-2-3-7-11(10)18(15)25/h2-9,14-16,24H,1H3. The molecule has 2 aromatic rings. The Balaban J connectivity index is 1.78. The maximum absolute atomic E-state index is 13.2. The molecule has 5 rings (SSSR count). The van der Waals surface area contributed by atoms with E-state index < -0.39 is 17.8 Å². The molecule has 6 heteroatoms. The Hall–Kier alpha value is -3.28. The predicted octanol–water partition coefficient (Wildman–Crippen LogP) is 2.19. The second-order valence-corrected chi connectivity index (χ2v) is 6.77. The highest BCUT2D eigenvalue weighted by molar-refractivity contribution is 6.33. The van der Waals surface area contributed by atoms with E-state index in [4.69, 9.17) is 0 Å². The van der Waals surface area contributed by atoms with Gasteiger partial charge in [-0.1, -0.05) is 42.5 Å². The third-order valence-electron chi connectivity index (χ3n) is 5.41. The van der Waals surface area contributed by atoms with Crippen molar-refractivity contribution in [3.63, 3.8) is 0 Å². The molecule has 0 bridgehead atoms. The number of rotatable bonds is 1. The summed E-state index contributed by atoms with van der Waals surface area (Å²) in [4.78, 5) is 30.5. The zero-order valence-electron chi connectivity index (χ0n) is 14.0. The van der Waals surface area contributed by atoms with Gasteiger partial charge < -0.3 is 5.11 Å². The van der Waals surface area contributed by atoms with Gasteiger partial charge >= 0.3 is 0 Å². The van der Waals surface area contributed by atoms with Gasteiger partial charge in [-0.2, -0.15) is 5.10 Å². The van der Waals surface area contributed by atoms with Crippen LogP contribution < -0.4 is 0 Å². The number of hydrazone groups is 1. The van der Waals surface area contributed by atoms with Gasteiger partial charge in [-0.05, 0) is 11.6 Å². The molecule has 128 valence electrons. The summed E-state index contributed by atoms with van der Waals surface area (Å²) >= 11 is 0. The third-order valence-corrected chi connectivity index (χ3v) is 5.41. The summed E-state index contributed by atoms with van der Waals surface area (Å²) in [5, 5.41) is 16.0. The van der Waals surface area contributed by atoms with Crippen LogP contribution in [0.4, 0.5) is 0 Å². The van der Waals surface area contributed by atoms with Gasteiger partial charge in [0.05, 0.1) is 11.6 Å². The summed E-state index contributed by atoms with van der Waals surface area (Å²) in [7, 11) is 1.58. The number of amides is 1. The van der Waals surface area contributed by atoms with E-state index in [1.54, 1.807) is 37.4 Å². The molecule has 3 unspecified atom stereocenters. The SMILES string of the molecule is CN1N=C2N=C3c4ccccc4C(=O)C3C(c3ccccc3O)C2C1=O. The number of Topliss-reactive ketones (excluding diaryl/α,β-unsaturated/α-hetero) is 1. The molecule has 0 fully saturated rings. The van der Waals surface area contributed by atoms with Gasteiger partial charge in [0.2, 0.25) is 0 Å². The lowest BCUT2D eigenvalue weighted by molar-refractivity contribution is -0.131. The number of carbonyl (C=O) groups excluding carboxylic acids is 2. The van der Waals surface area contributed by atoms with E-state index in [2.05, 4.69) is 10.1 Å². The van der Waals surface area contributed by atoms with Crippen LogP contribution in [0.25, 0.3) is 0 Å². The molecule has 2 aromatic carbocycles. The smallest absolute Gasteiger partial charge is 0.253 e. The van der Waals surface area contributed by atoms with Crippen LogP contribution >= 0.6 is 0 Å². The van der Waals surface area contributed by atoms with Crippen LogP contribution in [0.2, 0.25) is 0 Å². The van der Waals surface area contributed by atoms with Gasteiger partial charge in [0.1, 0.15) is 11.7 Å². The number of fused-ring (bicyclic) bond motifs is 4. The Kier molecular flexibility index (Phi) is 2.95. The molecular weight excluding hydrogens is 330 g/mol. The molecule has 2 aliphatic heterocycles. The first-order valence-electron chi connectivity index (χ1n) is 8.44. The molecule has 1 N–H and O–H groups in total. The van der Waals surface area contributed by atoms with Gasteiger partial charge in [-0.15, -0.1) is 0 Å². The van der Waals surface area contributed by atoms with E-state index >= 15 is 0 Å². The zero-order valence-corrected chi connectivity index (χ0v) is 14.0. The normalized spacial score (nSPS) is 26.2. The van der Waals surface area contributed by atoms with Crippen molar-refractivity contribution in [1.29, 1.82) is 0 Å². The van der Waals surface area contributed by atoms with Gasteiger partial charge in [-0.3, -0.25) is 9.59 Å². The van der Waals surface area contributed by atoms with E-state index in [0.717, 1.165) is 5.56 Å². The molecule has 3 aliphatic rings. The van der Waals surface area contributed by atoms with Crippen LogP contribution in [-0.2, 0) is 4.79 Å². The first kappa shape index (κ1) is 15.0. The van der Waals surface area contributed by atoms with Crippen molar-refractivity contribution < 1.29 is 14.7 Å². The number of nitrogens with zero attached hydrogens (tertiary/aromatic N) is 3. The van der Waals surface area contributed by atoms with Gasteiger partial charge in [0.25, 0.3) is 5.91 Å². The number of amidine groups is 1. The summed E-state index contributed by atoms with van der Waals surface area (Å²) < 4.78 is 0. The van der Waals surface area contributed by atoms with Crippen LogP contribution in [0.15, 0.2) is 58.6 Å². The van der Waals surface area contributed by atoms with Crippen molar-refractivity contribution in [2.45, 2.75) is 5.92 Å². The topological polar surface area (TPSA) is 82.3 Å². The minimum absolute atomic E-state index is 0.0611. The molecule has 0 radical (unpaired) electrons. The number of phenolic OH excluding ortho intramolecular Hbond substituents is 1. The predicted molar refractivity (Wildman–Crippen MR) is 95.3 cm³/mol. The molecule has 0 saturated heterocycles. The zero-order chi connectivity index (χ0) is 18.0. The summed E-state index contributed by atoms with van der Waals surface area (Å²) in [5.74, 6) is -1.58. The first-order chi connectivity index (χ1) is 12.6. The maximum Gasteiger partial charge on any atom is 0.253 e. The number of aromatic hydroxyl groups is 1. The average Bonchev–Trinajstić information content (AvgIpc) is 3.09. The first-order valence-corrected chi connectivity index (χ1v) is 8.44. The number of hydrogen-bond donors (Lipinski definition) is 1. The second-order valence-electron chi connectivity index (χ2n) is 6.77. The van der Waals surface area contributed by atoms with Crippen LogP contribution in [0, 0.1) is 11.8 Å². The number of benzene rings is 2. The molecule has 2 heterocycles. The Morgan fingerprint density at radius 2 is 1.65 bits per heavy atom. The summed E-state index contributed by atoms with van der Waals surface area (Å²) in [5.41, 5.74) is 2.61. The van der Waals surface area contributed by atoms with Crippen molar-refractivity contribution >= 4 is 23.2 Å². The Morgan fingerprint density at radius 1 is 0.962 bits per heavy atom. The van der Waals surface area contributed by atoms with E-state index in [-0.39, 0.29) is 17.4 Å². The number of aliphatic imine (C=N–C) groups is 1. The highest BCUT2D eigenvalue weighted by Gasteiger charge is 2.54. The van der Waals surface area contributed by atoms with Gasteiger partial charge in [0.15, 0.2) is 11.6 Å². The molecule has 1 amide bonds. The molecule has 0 aromatic heterocycles. The molecule has 0 spiro atoms. The van der Waals surface area contributed by atoms with E-state index in [1.807, 2.05) is 18.2 Å². The van der Waals surface area contributed by atoms with Crippen LogP contribution in [-0.4, -0.2) is 40.4 Å². The van der Waals surface area contributed by atoms with Crippen molar-refractivity contribution in [1.82, 2.24) is 5.01 Å². The van der Waals surface area contributed by atoms with Gasteiger partial charge in [0, 0.05) is 24.1 Å².